The Balaban J connectivity index is 1.47. The van der Waals surface area contributed by atoms with Crippen LogP contribution in [0, 0.1) is 17.5 Å². The molecule has 0 radical (unpaired) electrons. The molecule has 43 heavy (non-hydrogen) atoms. The van der Waals surface area contributed by atoms with Gasteiger partial charge in [0.1, 0.15) is 29.7 Å². The lowest BCUT2D eigenvalue weighted by Gasteiger charge is -2.48. The van der Waals surface area contributed by atoms with Crippen molar-refractivity contribution in [3.8, 4) is 0 Å². The van der Waals surface area contributed by atoms with Crippen LogP contribution in [0.15, 0.2) is 85.5 Å². The smallest absolute Gasteiger partial charge is 0.338 e. The summed E-state index contributed by atoms with van der Waals surface area (Å²) < 4.78 is 76.5. The van der Waals surface area contributed by atoms with Gasteiger partial charge in [0.05, 0.1) is 24.3 Å². The summed E-state index contributed by atoms with van der Waals surface area (Å²) in [5.41, 5.74) is 0.569. The third-order valence-corrected chi connectivity index (χ3v) is 6.91. The summed E-state index contributed by atoms with van der Waals surface area (Å²) in [6, 6.07) is 14.9. The molecule has 0 saturated carbocycles. The molecule has 2 fully saturated rings. The minimum Gasteiger partial charge on any atom is -0.452 e. The molecule has 0 aliphatic carbocycles. The van der Waals surface area contributed by atoms with Crippen molar-refractivity contribution in [2.24, 2.45) is 0 Å². The van der Waals surface area contributed by atoms with E-state index in [0.717, 1.165) is 24.3 Å². The number of unbranched alkanes of at least 4 members (excludes halogenated alkanes) is 1. The third kappa shape index (κ3) is 7.49. The highest BCUT2D eigenvalue weighted by atomic mass is 19.1. The Morgan fingerprint density at radius 3 is 1.88 bits per heavy atom. The first kappa shape index (κ1) is 30.4. The summed E-state index contributed by atoms with van der Waals surface area (Å²) >= 11 is 0. The fourth-order valence-electron chi connectivity index (χ4n) is 4.71. The molecule has 3 aromatic rings. The predicted octanol–water partition coefficient (Wildman–Crippen LogP) is 5.68. The van der Waals surface area contributed by atoms with Crippen LogP contribution in [0.5, 0.6) is 0 Å². The molecule has 0 bridgehead atoms. The van der Waals surface area contributed by atoms with E-state index in [1.54, 1.807) is 6.08 Å². The van der Waals surface area contributed by atoms with E-state index in [-0.39, 0.29) is 24.3 Å². The van der Waals surface area contributed by atoms with Gasteiger partial charge in [0, 0.05) is 5.56 Å². The van der Waals surface area contributed by atoms with Crippen molar-refractivity contribution in [2.45, 2.75) is 49.8 Å². The number of hydrogen-bond acceptors (Lipinski definition) is 8. The van der Waals surface area contributed by atoms with Crippen LogP contribution in [0.4, 0.5) is 13.2 Å². The number of rotatable bonds is 10. The van der Waals surface area contributed by atoms with Crippen LogP contribution >= 0.6 is 0 Å². The Hall–Kier alpha value is -4.03. The zero-order chi connectivity index (χ0) is 30.3. The fourth-order valence-corrected chi connectivity index (χ4v) is 4.71. The van der Waals surface area contributed by atoms with Crippen molar-refractivity contribution in [3.05, 3.63) is 120 Å². The normalized spacial score (nSPS) is 24.9. The van der Waals surface area contributed by atoms with Gasteiger partial charge in [-0.1, -0.05) is 18.2 Å². The van der Waals surface area contributed by atoms with E-state index in [0.29, 0.717) is 18.4 Å². The van der Waals surface area contributed by atoms with Gasteiger partial charge in [0.25, 0.3) is 0 Å². The largest absolute Gasteiger partial charge is 0.452 e. The summed E-state index contributed by atoms with van der Waals surface area (Å²) in [4.78, 5) is 26.5. The average molecular weight is 599 g/mol. The summed E-state index contributed by atoms with van der Waals surface area (Å²) in [7, 11) is 0. The Labute approximate surface area is 245 Å². The van der Waals surface area contributed by atoms with Gasteiger partial charge in [0.15, 0.2) is 24.8 Å². The van der Waals surface area contributed by atoms with E-state index in [1.165, 1.54) is 48.5 Å². The predicted molar refractivity (Wildman–Crippen MR) is 145 cm³/mol. The zero-order valence-corrected chi connectivity index (χ0v) is 22.9. The quantitative estimate of drug-likeness (QED) is 0.167. The molecule has 5 rings (SSSR count). The highest BCUT2D eigenvalue weighted by Gasteiger charge is 2.54. The van der Waals surface area contributed by atoms with Crippen molar-refractivity contribution in [1.82, 2.24) is 0 Å². The Morgan fingerprint density at radius 1 is 0.791 bits per heavy atom. The number of benzene rings is 3. The van der Waals surface area contributed by atoms with Crippen molar-refractivity contribution >= 4 is 11.9 Å². The molecular formula is C32H29F3O8. The molecule has 2 aliphatic rings. The van der Waals surface area contributed by atoms with Crippen molar-refractivity contribution in [3.63, 3.8) is 0 Å². The van der Waals surface area contributed by atoms with Gasteiger partial charge in [-0.15, -0.1) is 6.58 Å². The molecule has 2 aliphatic heterocycles. The molecule has 226 valence electrons. The molecule has 0 amide bonds. The van der Waals surface area contributed by atoms with Gasteiger partial charge in [-0.25, -0.2) is 22.8 Å². The fraction of sp³-hybridized carbons (Fsp3) is 0.312. The molecule has 11 heteroatoms. The Morgan fingerprint density at radius 2 is 1.33 bits per heavy atom. The summed E-state index contributed by atoms with van der Waals surface area (Å²) in [5, 5.41) is 0. The molecule has 2 saturated heterocycles. The van der Waals surface area contributed by atoms with E-state index in [1.807, 2.05) is 0 Å². The van der Waals surface area contributed by atoms with Crippen LogP contribution < -0.4 is 0 Å². The molecule has 0 spiro atoms. The van der Waals surface area contributed by atoms with Gasteiger partial charge in [-0.05, 0) is 73.5 Å². The first-order chi connectivity index (χ1) is 20.8. The van der Waals surface area contributed by atoms with Gasteiger partial charge in [0.2, 0.25) is 0 Å². The van der Waals surface area contributed by atoms with Crippen LogP contribution in [0.25, 0.3) is 0 Å². The summed E-state index contributed by atoms with van der Waals surface area (Å²) in [6.07, 6.45) is -3.76. The van der Waals surface area contributed by atoms with Crippen LogP contribution in [0.1, 0.15) is 45.4 Å². The minimum atomic E-state index is -1.35. The molecular weight excluding hydrogens is 569 g/mol. The molecule has 8 nitrogen and oxygen atoms in total. The van der Waals surface area contributed by atoms with E-state index in [9.17, 15) is 22.8 Å². The number of halogens is 3. The summed E-state index contributed by atoms with van der Waals surface area (Å²) in [6.45, 7) is 3.86. The van der Waals surface area contributed by atoms with Crippen molar-refractivity contribution in [2.75, 3.05) is 13.2 Å². The van der Waals surface area contributed by atoms with Gasteiger partial charge < -0.3 is 28.4 Å². The first-order valence-corrected chi connectivity index (χ1v) is 13.7. The topological polar surface area (TPSA) is 89.5 Å². The third-order valence-electron chi connectivity index (χ3n) is 6.91. The van der Waals surface area contributed by atoms with Gasteiger partial charge >= 0.3 is 11.9 Å². The molecule has 0 aromatic heterocycles. The van der Waals surface area contributed by atoms with E-state index in [4.69, 9.17) is 28.4 Å². The zero-order valence-electron chi connectivity index (χ0n) is 22.9. The van der Waals surface area contributed by atoms with E-state index >= 15 is 0 Å². The minimum absolute atomic E-state index is 0.0253. The van der Waals surface area contributed by atoms with Crippen molar-refractivity contribution in [1.29, 1.82) is 0 Å². The maximum atomic E-state index is 13.6. The molecule has 2 heterocycles. The second-order valence-electron chi connectivity index (χ2n) is 9.92. The van der Waals surface area contributed by atoms with Crippen LogP contribution in [0.2, 0.25) is 0 Å². The molecule has 6 atom stereocenters. The number of carbonyl (C=O) groups is 2. The second-order valence-corrected chi connectivity index (χ2v) is 9.92. The SMILES string of the molecule is C=CCCCO[C@@H]1O[C@@H]2COC(c3ccc(F)cc3)O[C@@H]2[C@H](OC(=O)c2ccc(F)cc2)[C@H]1OC(=O)c1ccc(F)cc1. The number of allylic oxidation sites excluding steroid dienone is 1. The van der Waals surface area contributed by atoms with Crippen molar-refractivity contribution < 1.29 is 51.2 Å². The van der Waals surface area contributed by atoms with Gasteiger partial charge in [-0.2, -0.15) is 0 Å². The molecule has 1 unspecified atom stereocenters. The first-order valence-electron chi connectivity index (χ1n) is 13.7. The summed E-state index contributed by atoms with van der Waals surface area (Å²) in [5.74, 6) is -3.23. The second kappa shape index (κ2) is 14.0. The van der Waals surface area contributed by atoms with Crippen LogP contribution in [-0.2, 0) is 28.4 Å². The maximum Gasteiger partial charge on any atom is 0.338 e. The highest BCUT2D eigenvalue weighted by molar-refractivity contribution is 5.90. The van der Waals surface area contributed by atoms with E-state index < -0.39 is 66.4 Å². The Kier molecular flexibility index (Phi) is 9.88. The lowest BCUT2D eigenvalue weighted by molar-refractivity contribution is -0.359. The van der Waals surface area contributed by atoms with Gasteiger partial charge in [-0.3, -0.25) is 0 Å². The maximum absolute atomic E-state index is 13.6. The highest BCUT2D eigenvalue weighted by Crippen LogP contribution is 2.37. The average Bonchev–Trinajstić information content (AvgIpc) is 3.01. The lowest BCUT2D eigenvalue weighted by Crippen LogP contribution is -2.64. The number of carbonyl (C=O) groups excluding carboxylic acids is 2. The van der Waals surface area contributed by atoms with E-state index in [2.05, 4.69) is 6.58 Å². The molecule has 3 aromatic carbocycles. The lowest BCUT2D eigenvalue weighted by atomic mass is 9.97. The number of hydrogen-bond donors (Lipinski definition) is 0. The Bertz CT molecular complexity index is 1400. The number of fused-ring (bicyclic) bond motifs is 1. The molecule has 0 N–H and O–H groups in total. The monoisotopic (exact) mass is 598 g/mol. The van der Waals surface area contributed by atoms with Crippen LogP contribution in [-0.4, -0.2) is 55.9 Å². The standard InChI is InChI=1S/C32H29F3O8/c1-2-3-4-17-38-32-28(42-30(37)20-7-13-23(34)14-8-20)27(41-29(36)19-5-11-22(33)12-6-19)26-25(40-32)18-39-31(43-26)21-9-15-24(35)16-10-21/h2,5-16,25-28,31-32H,1,3-4,17-18H2/t25-,26+,27+,28-,31?,32-/m1/s1. The number of ether oxygens (including phenoxy) is 6. The number of esters is 2. The van der Waals surface area contributed by atoms with Crippen LogP contribution in [0.3, 0.4) is 0 Å².